The molecule has 3 unspecified atom stereocenters. The van der Waals surface area contributed by atoms with E-state index in [1.165, 1.54) is 40.1 Å². The number of fused-ring (bicyclic) bond motifs is 3. The highest BCUT2D eigenvalue weighted by Crippen LogP contribution is 2.42. The molecule has 2 saturated heterocycles. The summed E-state index contributed by atoms with van der Waals surface area (Å²) in [6, 6.07) is 8.04. The van der Waals surface area contributed by atoms with Crippen molar-refractivity contribution in [2.45, 2.75) is 44.2 Å². The second-order valence-electron chi connectivity index (χ2n) is 5.41. The van der Waals surface area contributed by atoms with Gasteiger partial charge in [0.15, 0.2) is 0 Å². The van der Waals surface area contributed by atoms with Crippen LogP contribution >= 0.6 is 11.3 Å². The van der Waals surface area contributed by atoms with Crippen molar-refractivity contribution in [2.24, 2.45) is 0 Å². The van der Waals surface area contributed by atoms with Gasteiger partial charge in [0.1, 0.15) is 0 Å². The molecule has 2 fully saturated rings. The molecule has 2 nitrogen and oxygen atoms in total. The van der Waals surface area contributed by atoms with Gasteiger partial charge in [-0.1, -0.05) is 6.07 Å². The van der Waals surface area contributed by atoms with Gasteiger partial charge in [-0.25, -0.2) is 4.98 Å². The Kier molecular flexibility index (Phi) is 2.08. The predicted molar refractivity (Wildman–Crippen MR) is 71.7 cm³/mol. The molecule has 4 rings (SSSR count). The number of aromatic nitrogens is 1. The van der Waals surface area contributed by atoms with E-state index in [9.17, 15) is 0 Å². The van der Waals surface area contributed by atoms with Gasteiger partial charge < -0.3 is 5.32 Å². The van der Waals surface area contributed by atoms with E-state index in [4.69, 9.17) is 4.98 Å². The molecule has 1 aromatic carbocycles. The molecule has 17 heavy (non-hydrogen) atoms. The van der Waals surface area contributed by atoms with Gasteiger partial charge in [-0.3, -0.25) is 0 Å². The van der Waals surface area contributed by atoms with Crippen molar-refractivity contribution in [3.63, 3.8) is 0 Å². The molecule has 2 aromatic rings. The summed E-state index contributed by atoms with van der Waals surface area (Å²) in [7, 11) is 0. The normalized spacial score (nSPS) is 31.5. The molecule has 2 bridgehead atoms. The van der Waals surface area contributed by atoms with Crippen LogP contribution in [0.1, 0.15) is 35.8 Å². The van der Waals surface area contributed by atoms with Crippen LogP contribution in [0.25, 0.3) is 10.2 Å². The predicted octanol–water partition coefficient (Wildman–Crippen LogP) is 3.21. The standard InChI is InChI=1S/C14H16N2S/c1-8-2-4-12-13(6-8)17-14(16-12)10-7-9-3-5-11(10)15-9/h2,4,6,9-11,15H,3,5,7H2,1H3. The fourth-order valence-corrected chi connectivity index (χ4v) is 4.55. The first-order valence-electron chi connectivity index (χ1n) is 6.43. The second-order valence-corrected chi connectivity index (χ2v) is 6.48. The van der Waals surface area contributed by atoms with Crippen LogP contribution in [0.5, 0.6) is 0 Å². The van der Waals surface area contributed by atoms with Crippen molar-refractivity contribution in [1.29, 1.82) is 0 Å². The van der Waals surface area contributed by atoms with Gasteiger partial charge in [-0.15, -0.1) is 11.3 Å². The summed E-state index contributed by atoms with van der Waals surface area (Å²) in [5.41, 5.74) is 2.51. The molecule has 3 heterocycles. The molecule has 2 aliphatic rings. The summed E-state index contributed by atoms with van der Waals surface area (Å²) in [6.07, 6.45) is 4.00. The zero-order valence-electron chi connectivity index (χ0n) is 9.94. The smallest absolute Gasteiger partial charge is 0.0985 e. The lowest BCUT2D eigenvalue weighted by molar-refractivity contribution is 0.505. The first-order chi connectivity index (χ1) is 8.29. The van der Waals surface area contributed by atoms with E-state index in [0.29, 0.717) is 12.0 Å². The minimum Gasteiger partial charge on any atom is -0.311 e. The van der Waals surface area contributed by atoms with Crippen molar-refractivity contribution in [3.05, 3.63) is 28.8 Å². The van der Waals surface area contributed by atoms with Crippen molar-refractivity contribution < 1.29 is 0 Å². The molecule has 0 aliphatic carbocycles. The maximum absolute atomic E-state index is 4.83. The van der Waals surface area contributed by atoms with Gasteiger partial charge in [-0.05, 0) is 43.9 Å². The molecule has 2 aliphatic heterocycles. The Hall–Kier alpha value is -0.930. The third-order valence-electron chi connectivity index (χ3n) is 4.18. The lowest BCUT2D eigenvalue weighted by atomic mass is 9.90. The number of aryl methyl sites for hydroxylation is 1. The number of hydrogen-bond acceptors (Lipinski definition) is 3. The van der Waals surface area contributed by atoms with Gasteiger partial charge in [-0.2, -0.15) is 0 Å². The number of benzene rings is 1. The van der Waals surface area contributed by atoms with Gasteiger partial charge in [0.2, 0.25) is 0 Å². The molecular formula is C14H16N2S. The van der Waals surface area contributed by atoms with Gasteiger partial charge in [0.05, 0.1) is 15.2 Å². The third kappa shape index (κ3) is 1.53. The highest BCUT2D eigenvalue weighted by Gasteiger charge is 2.41. The van der Waals surface area contributed by atoms with E-state index in [-0.39, 0.29) is 0 Å². The number of nitrogens with one attached hydrogen (secondary N) is 1. The summed E-state index contributed by atoms with van der Waals surface area (Å²) < 4.78 is 1.35. The average molecular weight is 244 g/mol. The topological polar surface area (TPSA) is 24.9 Å². The van der Waals surface area contributed by atoms with Crippen LogP contribution in [0.4, 0.5) is 0 Å². The zero-order valence-corrected chi connectivity index (χ0v) is 10.8. The maximum atomic E-state index is 4.83. The zero-order chi connectivity index (χ0) is 11.4. The molecule has 1 N–H and O–H groups in total. The molecule has 88 valence electrons. The van der Waals surface area contributed by atoms with Crippen LogP contribution in [0.15, 0.2) is 18.2 Å². The van der Waals surface area contributed by atoms with Crippen LogP contribution < -0.4 is 5.32 Å². The molecule has 0 amide bonds. The minimum atomic E-state index is 0.673. The van der Waals surface area contributed by atoms with E-state index in [2.05, 4.69) is 30.4 Å². The number of rotatable bonds is 1. The minimum absolute atomic E-state index is 0.673. The van der Waals surface area contributed by atoms with Crippen LogP contribution in [0, 0.1) is 6.92 Å². The van der Waals surface area contributed by atoms with Gasteiger partial charge >= 0.3 is 0 Å². The second kappa shape index (κ2) is 3.53. The Balaban J connectivity index is 1.76. The molecule has 0 spiro atoms. The Labute approximate surface area is 105 Å². The highest BCUT2D eigenvalue weighted by molar-refractivity contribution is 7.18. The van der Waals surface area contributed by atoms with Crippen molar-refractivity contribution in [3.8, 4) is 0 Å². The van der Waals surface area contributed by atoms with Crippen LogP contribution in [-0.4, -0.2) is 17.1 Å². The molecule has 0 saturated carbocycles. The lowest BCUT2D eigenvalue weighted by Crippen LogP contribution is -2.21. The van der Waals surface area contributed by atoms with Crippen molar-refractivity contribution in [1.82, 2.24) is 10.3 Å². The largest absolute Gasteiger partial charge is 0.311 e. The number of hydrogen-bond donors (Lipinski definition) is 1. The molecular weight excluding hydrogens is 228 g/mol. The Morgan fingerprint density at radius 2 is 2.29 bits per heavy atom. The van der Waals surface area contributed by atoms with E-state index in [1.54, 1.807) is 0 Å². The number of thiazole rings is 1. The Bertz CT molecular complexity index is 575. The SMILES string of the molecule is Cc1ccc2nc(C3CC4CCC3N4)sc2c1. The lowest BCUT2D eigenvalue weighted by Gasteiger charge is -2.16. The summed E-state index contributed by atoms with van der Waals surface area (Å²) >= 11 is 1.90. The summed E-state index contributed by atoms with van der Waals surface area (Å²) in [4.78, 5) is 4.83. The maximum Gasteiger partial charge on any atom is 0.0985 e. The van der Waals surface area contributed by atoms with E-state index in [0.717, 1.165) is 6.04 Å². The van der Waals surface area contributed by atoms with Gasteiger partial charge in [0, 0.05) is 18.0 Å². The monoisotopic (exact) mass is 244 g/mol. The van der Waals surface area contributed by atoms with Crippen LogP contribution in [-0.2, 0) is 0 Å². The van der Waals surface area contributed by atoms with Crippen molar-refractivity contribution in [2.75, 3.05) is 0 Å². The van der Waals surface area contributed by atoms with Crippen molar-refractivity contribution >= 4 is 21.6 Å². The first kappa shape index (κ1) is 10.0. The van der Waals surface area contributed by atoms with E-state index in [1.807, 2.05) is 11.3 Å². The molecule has 0 radical (unpaired) electrons. The summed E-state index contributed by atoms with van der Waals surface area (Å²) in [5, 5.41) is 5.05. The Morgan fingerprint density at radius 1 is 1.35 bits per heavy atom. The van der Waals surface area contributed by atoms with Gasteiger partial charge in [0.25, 0.3) is 0 Å². The molecule has 1 aromatic heterocycles. The number of nitrogens with zero attached hydrogens (tertiary/aromatic N) is 1. The third-order valence-corrected chi connectivity index (χ3v) is 5.33. The average Bonchev–Trinajstić information content (AvgIpc) is 3.01. The van der Waals surface area contributed by atoms with E-state index < -0.39 is 0 Å². The molecule has 3 atom stereocenters. The van der Waals surface area contributed by atoms with Crippen LogP contribution in [0.3, 0.4) is 0 Å². The fourth-order valence-electron chi connectivity index (χ4n) is 3.31. The van der Waals surface area contributed by atoms with E-state index >= 15 is 0 Å². The Morgan fingerprint density at radius 3 is 3.06 bits per heavy atom. The fraction of sp³-hybridized carbons (Fsp3) is 0.500. The first-order valence-corrected chi connectivity index (χ1v) is 7.24. The van der Waals surface area contributed by atoms with Crippen LogP contribution in [0.2, 0.25) is 0 Å². The summed E-state index contributed by atoms with van der Waals surface area (Å²) in [6.45, 7) is 2.15. The quantitative estimate of drug-likeness (QED) is 0.833. The molecule has 3 heteroatoms. The summed E-state index contributed by atoms with van der Waals surface area (Å²) in [5.74, 6) is 0.673. The highest BCUT2D eigenvalue weighted by atomic mass is 32.1.